The second kappa shape index (κ2) is 7.22. The lowest BCUT2D eigenvalue weighted by molar-refractivity contribution is -0.116. The van der Waals surface area contributed by atoms with Crippen LogP contribution in [0, 0.1) is 5.92 Å². The van der Waals surface area contributed by atoms with Gasteiger partial charge in [-0.15, -0.1) is 0 Å². The van der Waals surface area contributed by atoms with Gasteiger partial charge in [0, 0.05) is 20.5 Å². The molecule has 1 heterocycles. The number of carbonyl (C=O) groups excluding carboxylic acids is 1. The maximum absolute atomic E-state index is 11.9. The first kappa shape index (κ1) is 14.8. The van der Waals surface area contributed by atoms with Crippen molar-refractivity contribution in [3.63, 3.8) is 0 Å². The number of nitrogens with zero attached hydrogens (tertiary/aromatic N) is 3. The summed E-state index contributed by atoms with van der Waals surface area (Å²) in [5.41, 5.74) is 0.671. The summed E-state index contributed by atoms with van der Waals surface area (Å²) in [6, 6.07) is 0. The number of hydrogen-bond acceptors (Lipinski definition) is 4. The Labute approximate surface area is 120 Å². The largest absolute Gasteiger partial charge is 0.347 e. The molecule has 5 nitrogen and oxygen atoms in total. The average Bonchev–Trinajstić information content (AvgIpc) is 2.47. The van der Waals surface area contributed by atoms with Crippen LogP contribution in [0.4, 0.5) is 11.6 Å². The van der Waals surface area contributed by atoms with Crippen molar-refractivity contribution in [2.24, 2.45) is 5.92 Å². The standard InChI is InChI=1S/C15H24N4O/c1-19(2)15-16-10-13(11-17-15)18-14(20)9-8-12-6-4-3-5-7-12/h10-12H,3-9H2,1-2H3,(H,18,20). The molecule has 0 spiro atoms. The molecule has 1 aliphatic rings. The molecule has 1 saturated carbocycles. The van der Waals surface area contributed by atoms with E-state index >= 15 is 0 Å². The Morgan fingerprint density at radius 2 is 1.90 bits per heavy atom. The molecule has 5 heteroatoms. The van der Waals surface area contributed by atoms with Crippen LogP contribution in [0.25, 0.3) is 0 Å². The summed E-state index contributed by atoms with van der Waals surface area (Å²) >= 11 is 0. The highest BCUT2D eigenvalue weighted by Gasteiger charge is 2.15. The summed E-state index contributed by atoms with van der Waals surface area (Å²) in [6.45, 7) is 0. The minimum absolute atomic E-state index is 0.0665. The molecule has 0 radical (unpaired) electrons. The van der Waals surface area contributed by atoms with Crippen molar-refractivity contribution in [1.82, 2.24) is 9.97 Å². The van der Waals surface area contributed by atoms with Crippen LogP contribution in [0.15, 0.2) is 12.4 Å². The summed E-state index contributed by atoms with van der Waals surface area (Å²) in [7, 11) is 3.77. The Morgan fingerprint density at radius 3 is 2.50 bits per heavy atom. The molecular weight excluding hydrogens is 252 g/mol. The van der Waals surface area contributed by atoms with E-state index in [1.165, 1.54) is 32.1 Å². The topological polar surface area (TPSA) is 58.1 Å². The van der Waals surface area contributed by atoms with Crippen molar-refractivity contribution in [1.29, 1.82) is 0 Å². The first-order valence-electron chi connectivity index (χ1n) is 7.44. The van der Waals surface area contributed by atoms with Gasteiger partial charge in [0.15, 0.2) is 0 Å². The van der Waals surface area contributed by atoms with E-state index in [2.05, 4.69) is 15.3 Å². The summed E-state index contributed by atoms with van der Waals surface area (Å²) in [6.07, 6.45) is 11.5. The summed E-state index contributed by atoms with van der Waals surface area (Å²) in [5.74, 6) is 1.45. The molecular formula is C15H24N4O. The van der Waals surface area contributed by atoms with Gasteiger partial charge >= 0.3 is 0 Å². The molecule has 0 atom stereocenters. The van der Waals surface area contributed by atoms with Gasteiger partial charge in [0.25, 0.3) is 0 Å². The predicted octanol–water partition coefficient (Wildman–Crippen LogP) is 2.84. The van der Waals surface area contributed by atoms with E-state index in [-0.39, 0.29) is 5.91 Å². The first-order valence-corrected chi connectivity index (χ1v) is 7.44. The van der Waals surface area contributed by atoms with E-state index in [0.29, 0.717) is 18.1 Å². The van der Waals surface area contributed by atoms with Gasteiger partial charge in [0.05, 0.1) is 18.1 Å². The Kier molecular flexibility index (Phi) is 5.32. The summed E-state index contributed by atoms with van der Waals surface area (Å²) < 4.78 is 0. The van der Waals surface area contributed by atoms with Crippen LogP contribution < -0.4 is 10.2 Å². The predicted molar refractivity (Wildman–Crippen MR) is 80.8 cm³/mol. The Bertz CT molecular complexity index is 424. The van der Waals surface area contributed by atoms with Crippen molar-refractivity contribution in [3.8, 4) is 0 Å². The third-order valence-corrected chi connectivity index (χ3v) is 3.83. The van der Waals surface area contributed by atoms with Crippen LogP contribution >= 0.6 is 0 Å². The number of hydrogen-bond donors (Lipinski definition) is 1. The SMILES string of the molecule is CN(C)c1ncc(NC(=O)CCC2CCCCC2)cn1. The van der Waals surface area contributed by atoms with E-state index in [9.17, 15) is 4.79 Å². The van der Waals surface area contributed by atoms with E-state index in [1.807, 2.05) is 19.0 Å². The first-order chi connectivity index (χ1) is 9.65. The highest BCUT2D eigenvalue weighted by Crippen LogP contribution is 2.27. The number of amides is 1. The molecule has 110 valence electrons. The van der Waals surface area contributed by atoms with Crippen molar-refractivity contribution >= 4 is 17.5 Å². The zero-order valence-corrected chi connectivity index (χ0v) is 12.4. The van der Waals surface area contributed by atoms with E-state index in [0.717, 1.165) is 12.3 Å². The van der Waals surface area contributed by atoms with Crippen molar-refractivity contribution < 1.29 is 4.79 Å². The second-order valence-corrected chi connectivity index (χ2v) is 5.76. The number of rotatable bonds is 5. The number of aromatic nitrogens is 2. The summed E-state index contributed by atoms with van der Waals surface area (Å²) in [4.78, 5) is 22.1. The Morgan fingerprint density at radius 1 is 1.25 bits per heavy atom. The van der Waals surface area contributed by atoms with Gasteiger partial charge in [0.2, 0.25) is 11.9 Å². The number of nitrogens with one attached hydrogen (secondary N) is 1. The lowest BCUT2D eigenvalue weighted by Gasteiger charge is -2.20. The quantitative estimate of drug-likeness (QED) is 0.898. The molecule has 0 unspecified atom stereocenters. The molecule has 20 heavy (non-hydrogen) atoms. The van der Waals surface area contributed by atoms with Crippen LogP contribution in [0.1, 0.15) is 44.9 Å². The smallest absolute Gasteiger partial charge is 0.224 e. The highest BCUT2D eigenvalue weighted by atomic mass is 16.1. The third-order valence-electron chi connectivity index (χ3n) is 3.83. The molecule has 2 rings (SSSR count). The Balaban J connectivity index is 1.75. The molecule has 1 aromatic rings. The Hall–Kier alpha value is -1.65. The molecule has 0 saturated heterocycles. The van der Waals surface area contributed by atoms with Gasteiger partial charge in [-0.1, -0.05) is 32.1 Å². The maximum Gasteiger partial charge on any atom is 0.224 e. The van der Waals surface area contributed by atoms with E-state index < -0.39 is 0 Å². The number of anilines is 2. The summed E-state index contributed by atoms with van der Waals surface area (Å²) in [5, 5.41) is 2.87. The van der Waals surface area contributed by atoms with Gasteiger partial charge in [-0.25, -0.2) is 9.97 Å². The van der Waals surface area contributed by atoms with Crippen molar-refractivity contribution in [2.75, 3.05) is 24.3 Å². The zero-order valence-electron chi connectivity index (χ0n) is 12.4. The van der Waals surface area contributed by atoms with Crippen molar-refractivity contribution in [2.45, 2.75) is 44.9 Å². The second-order valence-electron chi connectivity index (χ2n) is 5.76. The van der Waals surface area contributed by atoms with Crippen LogP contribution in [0.2, 0.25) is 0 Å². The zero-order chi connectivity index (χ0) is 14.4. The molecule has 1 aromatic heterocycles. The minimum atomic E-state index is 0.0665. The van der Waals surface area contributed by atoms with E-state index in [4.69, 9.17) is 0 Å². The lowest BCUT2D eigenvalue weighted by atomic mass is 9.86. The van der Waals surface area contributed by atoms with Crippen molar-refractivity contribution in [3.05, 3.63) is 12.4 Å². The van der Waals surface area contributed by atoms with Gasteiger partial charge < -0.3 is 10.2 Å². The van der Waals surface area contributed by atoms with Crippen LogP contribution in [0.5, 0.6) is 0 Å². The molecule has 1 N–H and O–H groups in total. The number of carbonyl (C=O) groups is 1. The van der Waals surface area contributed by atoms with Gasteiger partial charge in [-0.3, -0.25) is 4.79 Å². The fourth-order valence-electron chi connectivity index (χ4n) is 2.65. The lowest BCUT2D eigenvalue weighted by Crippen LogP contribution is -2.16. The molecule has 0 aromatic carbocycles. The van der Waals surface area contributed by atoms with E-state index in [1.54, 1.807) is 12.4 Å². The molecule has 1 fully saturated rings. The molecule has 1 aliphatic carbocycles. The molecule has 1 amide bonds. The van der Waals surface area contributed by atoms with Crippen LogP contribution in [-0.2, 0) is 4.79 Å². The molecule has 0 aliphatic heterocycles. The average molecular weight is 276 g/mol. The van der Waals surface area contributed by atoms with Gasteiger partial charge in [-0.2, -0.15) is 0 Å². The third kappa shape index (κ3) is 4.47. The normalized spacial score (nSPS) is 15.9. The van der Waals surface area contributed by atoms with Crippen LogP contribution in [0.3, 0.4) is 0 Å². The van der Waals surface area contributed by atoms with Gasteiger partial charge in [0.1, 0.15) is 0 Å². The fourth-order valence-corrected chi connectivity index (χ4v) is 2.65. The van der Waals surface area contributed by atoms with Crippen LogP contribution in [-0.4, -0.2) is 30.0 Å². The molecule has 0 bridgehead atoms. The highest BCUT2D eigenvalue weighted by molar-refractivity contribution is 5.90. The minimum Gasteiger partial charge on any atom is -0.347 e. The fraction of sp³-hybridized carbons (Fsp3) is 0.667. The maximum atomic E-state index is 11.9. The van der Waals surface area contributed by atoms with Gasteiger partial charge in [-0.05, 0) is 12.3 Å². The monoisotopic (exact) mass is 276 g/mol.